The Morgan fingerprint density at radius 3 is 2.31 bits per heavy atom. The number of ether oxygens (including phenoxy) is 1. The fraction of sp³-hybridized carbons (Fsp3) is 0.680. The summed E-state index contributed by atoms with van der Waals surface area (Å²) in [5.41, 5.74) is 0.347. The highest BCUT2D eigenvalue weighted by atomic mass is 19.4. The number of hydrogen-bond donors (Lipinski definition) is 1. The van der Waals surface area contributed by atoms with Gasteiger partial charge in [-0.3, -0.25) is 10.1 Å². The van der Waals surface area contributed by atoms with Gasteiger partial charge in [0.05, 0.1) is 24.7 Å². The predicted molar refractivity (Wildman–Crippen MR) is 121 cm³/mol. The number of carbonyl (C=O) groups is 1. The van der Waals surface area contributed by atoms with E-state index in [1.54, 1.807) is 0 Å². The molecule has 2 aromatic rings. The summed E-state index contributed by atoms with van der Waals surface area (Å²) >= 11 is 0. The molecule has 5 heterocycles. The maximum Gasteiger partial charge on any atom is 0.417 e. The molecule has 11 heteroatoms. The standard InChI is InChI=1S/C25H29F3N6O2/c26-25(27,28)19-2-15(7-29-8-19)1-16-3-23(4-16)11-33(12-23)22(35)34-13-24(14-34)5-17(6-24)20-30-21(32-31-20)18-9-36-10-18/h2,7-8,16-18H,1,3-6,9-14H2,(H,30,31,32). The second-order valence-corrected chi connectivity index (χ2v) is 12.0. The fourth-order valence-corrected chi connectivity index (χ4v) is 7.13. The highest BCUT2D eigenvalue weighted by Gasteiger charge is 2.58. The molecule has 2 spiro atoms. The number of alkyl halides is 3. The van der Waals surface area contributed by atoms with E-state index in [0.717, 1.165) is 69.7 Å². The van der Waals surface area contributed by atoms with E-state index in [-0.39, 0.29) is 16.9 Å². The first-order valence-corrected chi connectivity index (χ1v) is 12.7. The van der Waals surface area contributed by atoms with Crippen molar-refractivity contribution in [2.24, 2.45) is 16.7 Å². The zero-order chi connectivity index (χ0) is 24.7. The lowest BCUT2D eigenvalue weighted by Crippen LogP contribution is -2.70. The second-order valence-electron chi connectivity index (χ2n) is 12.0. The molecule has 1 N–H and O–H groups in total. The maximum absolute atomic E-state index is 12.9. The van der Waals surface area contributed by atoms with Crippen molar-refractivity contribution in [2.45, 2.75) is 50.1 Å². The first-order valence-electron chi connectivity index (χ1n) is 12.7. The molecule has 5 aliphatic rings. The molecule has 8 nitrogen and oxygen atoms in total. The zero-order valence-corrected chi connectivity index (χ0v) is 19.9. The number of likely N-dealkylation sites (tertiary alicyclic amines) is 2. The number of halogens is 3. The van der Waals surface area contributed by atoms with E-state index >= 15 is 0 Å². The summed E-state index contributed by atoms with van der Waals surface area (Å²) in [6.07, 6.45) is 2.68. The van der Waals surface area contributed by atoms with Crippen LogP contribution in [0.25, 0.3) is 0 Å². The quantitative estimate of drug-likeness (QED) is 0.691. The van der Waals surface area contributed by atoms with Crippen LogP contribution in [-0.4, -0.2) is 75.4 Å². The minimum absolute atomic E-state index is 0.132. The molecule has 3 aliphatic heterocycles. The first-order chi connectivity index (χ1) is 17.2. The molecule has 0 unspecified atom stereocenters. The minimum Gasteiger partial charge on any atom is -0.380 e. The third-order valence-corrected chi connectivity index (χ3v) is 9.00. The molecule has 2 saturated carbocycles. The summed E-state index contributed by atoms with van der Waals surface area (Å²) in [4.78, 5) is 25.3. The topological polar surface area (TPSA) is 87.2 Å². The number of pyridine rings is 1. The fourth-order valence-electron chi connectivity index (χ4n) is 7.13. The molecule has 3 saturated heterocycles. The van der Waals surface area contributed by atoms with E-state index in [1.807, 2.05) is 9.80 Å². The molecule has 2 amide bonds. The zero-order valence-electron chi connectivity index (χ0n) is 19.9. The number of hydrogen-bond acceptors (Lipinski definition) is 5. The average Bonchev–Trinajstić information content (AvgIpc) is 3.13. The third kappa shape index (κ3) is 3.69. The number of H-pyrrole nitrogens is 1. The van der Waals surface area contributed by atoms with Crippen molar-refractivity contribution >= 4 is 6.03 Å². The molecule has 192 valence electrons. The summed E-state index contributed by atoms with van der Waals surface area (Å²) < 4.78 is 44.0. The van der Waals surface area contributed by atoms with Crippen LogP contribution >= 0.6 is 0 Å². The Morgan fingerprint density at radius 2 is 1.69 bits per heavy atom. The normalized spacial score (nSPS) is 25.2. The van der Waals surface area contributed by atoms with Crippen molar-refractivity contribution in [3.05, 3.63) is 41.2 Å². The van der Waals surface area contributed by atoms with Crippen LogP contribution in [0.2, 0.25) is 0 Å². The summed E-state index contributed by atoms with van der Waals surface area (Å²) in [5.74, 6) is 2.91. The van der Waals surface area contributed by atoms with Crippen molar-refractivity contribution in [3.63, 3.8) is 0 Å². The Kier molecular flexibility index (Phi) is 4.79. The van der Waals surface area contributed by atoms with Crippen molar-refractivity contribution in [3.8, 4) is 0 Å². The Balaban J connectivity index is 0.846. The van der Waals surface area contributed by atoms with Crippen LogP contribution in [0.4, 0.5) is 18.0 Å². The summed E-state index contributed by atoms with van der Waals surface area (Å²) in [5, 5.41) is 7.46. The van der Waals surface area contributed by atoms with E-state index in [9.17, 15) is 18.0 Å². The maximum atomic E-state index is 12.9. The molecule has 0 radical (unpaired) electrons. The Hall–Kier alpha value is -2.69. The average molecular weight is 503 g/mol. The Morgan fingerprint density at radius 1 is 1.03 bits per heavy atom. The number of nitrogens with zero attached hydrogens (tertiary/aromatic N) is 5. The van der Waals surface area contributed by atoms with Crippen molar-refractivity contribution in [1.29, 1.82) is 0 Å². The van der Waals surface area contributed by atoms with Gasteiger partial charge in [0, 0.05) is 55.3 Å². The van der Waals surface area contributed by atoms with Crippen LogP contribution in [0.5, 0.6) is 0 Å². The number of amides is 2. The number of aromatic nitrogens is 4. The first kappa shape index (κ1) is 22.5. The number of carbonyl (C=O) groups excluding carboxylic acids is 1. The van der Waals surface area contributed by atoms with Gasteiger partial charge >= 0.3 is 12.2 Å². The Labute approximate surface area is 206 Å². The van der Waals surface area contributed by atoms with Crippen LogP contribution in [0, 0.1) is 16.7 Å². The van der Waals surface area contributed by atoms with Gasteiger partial charge < -0.3 is 14.5 Å². The molecular formula is C25H29F3N6O2. The highest BCUT2D eigenvalue weighted by Crippen LogP contribution is 2.57. The van der Waals surface area contributed by atoms with Crippen LogP contribution in [0.3, 0.4) is 0 Å². The number of urea groups is 1. The van der Waals surface area contributed by atoms with E-state index < -0.39 is 11.7 Å². The Bertz CT molecular complexity index is 1170. The lowest BCUT2D eigenvalue weighted by atomic mass is 9.56. The summed E-state index contributed by atoms with van der Waals surface area (Å²) in [6, 6.07) is 1.34. The predicted octanol–water partition coefficient (Wildman–Crippen LogP) is 3.59. The van der Waals surface area contributed by atoms with Crippen LogP contribution in [0.15, 0.2) is 18.5 Å². The number of aromatic amines is 1. The molecule has 0 aromatic carbocycles. The van der Waals surface area contributed by atoms with Gasteiger partial charge in [-0.1, -0.05) is 0 Å². The van der Waals surface area contributed by atoms with Gasteiger partial charge in [0.2, 0.25) is 0 Å². The number of rotatable bonds is 4. The lowest BCUT2D eigenvalue weighted by Gasteiger charge is -2.63. The van der Waals surface area contributed by atoms with Crippen LogP contribution in [-0.2, 0) is 17.3 Å². The molecule has 7 rings (SSSR count). The summed E-state index contributed by atoms with van der Waals surface area (Å²) in [7, 11) is 0. The van der Waals surface area contributed by atoms with Gasteiger partial charge in [0.25, 0.3) is 0 Å². The number of nitrogens with one attached hydrogen (secondary N) is 1. The van der Waals surface area contributed by atoms with Gasteiger partial charge in [0.1, 0.15) is 5.82 Å². The van der Waals surface area contributed by atoms with Crippen LogP contribution < -0.4 is 0 Å². The molecule has 2 aliphatic carbocycles. The molecule has 36 heavy (non-hydrogen) atoms. The minimum atomic E-state index is -4.36. The van der Waals surface area contributed by atoms with Crippen LogP contribution in [0.1, 0.15) is 60.3 Å². The van der Waals surface area contributed by atoms with Gasteiger partial charge in [-0.2, -0.15) is 18.3 Å². The van der Waals surface area contributed by atoms with Gasteiger partial charge in [-0.15, -0.1) is 0 Å². The van der Waals surface area contributed by atoms with Crippen molar-refractivity contribution < 1.29 is 22.7 Å². The van der Waals surface area contributed by atoms with Crippen molar-refractivity contribution in [2.75, 3.05) is 39.4 Å². The van der Waals surface area contributed by atoms with Gasteiger partial charge in [-0.05, 0) is 49.7 Å². The van der Waals surface area contributed by atoms with E-state index in [2.05, 4.69) is 20.2 Å². The van der Waals surface area contributed by atoms with Crippen molar-refractivity contribution in [1.82, 2.24) is 30.0 Å². The molecule has 2 aromatic heterocycles. The van der Waals surface area contributed by atoms with E-state index in [1.165, 1.54) is 12.3 Å². The molecule has 0 atom stereocenters. The smallest absolute Gasteiger partial charge is 0.380 e. The third-order valence-electron chi connectivity index (χ3n) is 9.00. The largest absolute Gasteiger partial charge is 0.417 e. The highest BCUT2D eigenvalue weighted by molar-refractivity contribution is 5.77. The molecular weight excluding hydrogens is 473 g/mol. The van der Waals surface area contributed by atoms with E-state index in [4.69, 9.17) is 4.74 Å². The van der Waals surface area contributed by atoms with Gasteiger partial charge in [-0.25, -0.2) is 9.78 Å². The monoisotopic (exact) mass is 502 g/mol. The molecule has 0 bridgehead atoms. The molecule has 5 fully saturated rings. The van der Waals surface area contributed by atoms with E-state index in [0.29, 0.717) is 43.0 Å². The van der Waals surface area contributed by atoms with Gasteiger partial charge in [0.15, 0.2) is 5.82 Å². The second kappa shape index (κ2) is 7.66. The SMILES string of the molecule is O=C(N1CC2(CC(Cc3cncc(C(F)(F)F)c3)C2)C1)N1CC2(CC(c3nc(C4COC4)n[nH]3)C2)C1. The summed E-state index contributed by atoms with van der Waals surface area (Å²) in [6.45, 7) is 4.56. The lowest BCUT2D eigenvalue weighted by molar-refractivity contribution is -0.137.